The molecule has 0 spiro atoms. The molecule has 1 saturated heterocycles. The Hall–Kier alpha value is -2.35. The lowest BCUT2D eigenvalue weighted by molar-refractivity contribution is 0.248. The van der Waals surface area contributed by atoms with E-state index in [4.69, 9.17) is 0 Å². The van der Waals surface area contributed by atoms with E-state index in [1.54, 1.807) is 4.57 Å². The average molecular weight is 404 g/mol. The smallest absolute Gasteiger partial charge is 0.225 e. The maximum Gasteiger partial charge on any atom is 0.225 e. The highest BCUT2D eigenvalue weighted by Crippen LogP contribution is 2.40. The maximum absolute atomic E-state index is 13.0. The Balaban J connectivity index is 1.22. The maximum atomic E-state index is 13.0. The van der Waals surface area contributed by atoms with Gasteiger partial charge < -0.3 is 15.1 Å². The highest BCUT2D eigenvalue weighted by Gasteiger charge is 2.27. The number of fused-ring (bicyclic) bond motifs is 1. The number of halogens is 1. The number of rotatable bonds is 6. The quantitative estimate of drug-likeness (QED) is 0.722. The van der Waals surface area contributed by atoms with Crippen LogP contribution in [0.4, 0.5) is 10.3 Å². The minimum atomic E-state index is -0.414. The largest absolute Gasteiger partial charge is 0.494 e. The summed E-state index contributed by atoms with van der Waals surface area (Å²) in [6.07, 6.45) is 7.10. The summed E-state index contributed by atoms with van der Waals surface area (Å²) in [6, 6.07) is 0. The number of aromatic hydroxyl groups is 2. The van der Waals surface area contributed by atoms with E-state index in [0.29, 0.717) is 18.4 Å². The molecule has 7 nitrogen and oxygen atoms in total. The molecule has 2 aliphatic rings. The second-order valence-corrected chi connectivity index (χ2v) is 8.34. The number of hydrogen-bond donors (Lipinski definition) is 2. The third-order valence-electron chi connectivity index (χ3n) is 6.22. The standard InChI is InChI=1S/C21H30FN5O2/c1-15-4-5-17-18(12-15)20(29)27(19(17)28)7-3-2-6-25-8-10-26(11-9-25)21-23-13-16(22)14-24-21/h13-15,28-29H,2-12H2,1H3. The van der Waals surface area contributed by atoms with E-state index < -0.39 is 5.82 Å². The van der Waals surface area contributed by atoms with E-state index in [2.05, 4.69) is 26.7 Å². The molecule has 158 valence electrons. The van der Waals surface area contributed by atoms with Crippen LogP contribution in [-0.4, -0.2) is 62.4 Å². The fourth-order valence-electron chi connectivity index (χ4n) is 4.47. The van der Waals surface area contributed by atoms with Crippen molar-refractivity contribution >= 4 is 5.95 Å². The molecule has 1 aliphatic carbocycles. The van der Waals surface area contributed by atoms with Gasteiger partial charge in [-0.15, -0.1) is 0 Å². The van der Waals surface area contributed by atoms with Gasteiger partial charge in [-0.2, -0.15) is 0 Å². The molecule has 2 aromatic rings. The van der Waals surface area contributed by atoms with Crippen molar-refractivity contribution in [3.05, 3.63) is 29.3 Å². The molecule has 0 aromatic carbocycles. The lowest BCUT2D eigenvalue weighted by Gasteiger charge is -2.34. The SMILES string of the molecule is CC1CCc2c(c(O)n(CCCCN3CCN(c4ncc(F)cn4)CC3)c2O)C1. The van der Waals surface area contributed by atoms with Crippen molar-refractivity contribution in [1.82, 2.24) is 19.4 Å². The van der Waals surface area contributed by atoms with Gasteiger partial charge in [-0.05, 0) is 44.6 Å². The second-order valence-electron chi connectivity index (χ2n) is 8.34. The van der Waals surface area contributed by atoms with E-state index in [9.17, 15) is 14.6 Å². The summed E-state index contributed by atoms with van der Waals surface area (Å²) in [7, 11) is 0. The van der Waals surface area contributed by atoms with Crippen molar-refractivity contribution in [3.63, 3.8) is 0 Å². The van der Waals surface area contributed by atoms with Crippen LogP contribution < -0.4 is 4.90 Å². The fraction of sp³-hybridized carbons (Fsp3) is 0.619. The first-order chi connectivity index (χ1) is 14.0. The van der Waals surface area contributed by atoms with Gasteiger partial charge >= 0.3 is 0 Å². The summed E-state index contributed by atoms with van der Waals surface area (Å²) >= 11 is 0. The Bertz CT molecular complexity index is 831. The van der Waals surface area contributed by atoms with Gasteiger partial charge in [0.05, 0.1) is 12.4 Å². The minimum Gasteiger partial charge on any atom is -0.494 e. The van der Waals surface area contributed by atoms with Crippen LogP contribution in [0.25, 0.3) is 0 Å². The molecule has 8 heteroatoms. The van der Waals surface area contributed by atoms with Gasteiger partial charge in [-0.3, -0.25) is 9.47 Å². The first kappa shape index (κ1) is 19.9. The lowest BCUT2D eigenvalue weighted by atomic mass is 9.87. The Labute approximate surface area is 170 Å². The first-order valence-corrected chi connectivity index (χ1v) is 10.6. The van der Waals surface area contributed by atoms with Crippen molar-refractivity contribution in [2.75, 3.05) is 37.6 Å². The lowest BCUT2D eigenvalue weighted by Crippen LogP contribution is -2.47. The van der Waals surface area contributed by atoms with E-state index >= 15 is 0 Å². The average Bonchev–Trinajstić information content (AvgIpc) is 2.96. The molecular weight excluding hydrogens is 373 g/mol. The number of aromatic nitrogens is 3. The van der Waals surface area contributed by atoms with Crippen LogP contribution in [0.15, 0.2) is 12.4 Å². The number of anilines is 1. The van der Waals surface area contributed by atoms with Gasteiger partial charge in [0.25, 0.3) is 0 Å². The molecule has 1 aliphatic heterocycles. The summed E-state index contributed by atoms with van der Waals surface area (Å²) in [5.41, 5.74) is 1.89. The Morgan fingerprint density at radius 1 is 1.00 bits per heavy atom. The molecule has 3 heterocycles. The fourth-order valence-corrected chi connectivity index (χ4v) is 4.47. The van der Waals surface area contributed by atoms with Crippen LogP contribution in [0.2, 0.25) is 0 Å². The zero-order valence-electron chi connectivity index (χ0n) is 17.0. The molecule has 0 amide bonds. The summed E-state index contributed by atoms with van der Waals surface area (Å²) in [6.45, 7) is 7.32. The van der Waals surface area contributed by atoms with Gasteiger partial charge in [-0.1, -0.05) is 6.92 Å². The highest BCUT2D eigenvalue weighted by atomic mass is 19.1. The molecule has 0 bridgehead atoms. The predicted molar refractivity (Wildman–Crippen MR) is 109 cm³/mol. The van der Waals surface area contributed by atoms with Crippen LogP contribution in [0.5, 0.6) is 11.8 Å². The van der Waals surface area contributed by atoms with Crippen molar-refractivity contribution in [2.24, 2.45) is 5.92 Å². The first-order valence-electron chi connectivity index (χ1n) is 10.6. The van der Waals surface area contributed by atoms with Crippen molar-refractivity contribution in [2.45, 2.75) is 45.6 Å². The summed E-state index contributed by atoms with van der Waals surface area (Å²) in [5.74, 6) is 1.25. The van der Waals surface area contributed by atoms with Gasteiger partial charge in [0.2, 0.25) is 5.95 Å². The van der Waals surface area contributed by atoms with E-state index in [0.717, 1.165) is 76.0 Å². The van der Waals surface area contributed by atoms with Crippen molar-refractivity contribution < 1.29 is 14.6 Å². The minimum absolute atomic E-state index is 0.261. The number of nitrogens with zero attached hydrogens (tertiary/aromatic N) is 5. The van der Waals surface area contributed by atoms with Gasteiger partial charge in [0.15, 0.2) is 17.6 Å². The molecule has 1 fully saturated rings. The van der Waals surface area contributed by atoms with Crippen LogP contribution >= 0.6 is 0 Å². The molecule has 0 saturated carbocycles. The molecule has 29 heavy (non-hydrogen) atoms. The molecule has 1 unspecified atom stereocenters. The molecule has 2 N–H and O–H groups in total. The zero-order valence-corrected chi connectivity index (χ0v) is 17.0. The topological polar surface area (TPSA) is 77.7 Å². The third-order valence-corrected chi connectivity index (χ3v) is 6.22. The summed E-state index contributed by atoms with van der Waals surface area (Å²) in [5, 5.41) is 21.0. The molecule has 2 aromatic heterocycles. The number of piperazine rings is 1. The Kier molecular flexibility index (Phi) is 5.89. The number of unbranched alkanes of at least 4 members (excludes halogenated alkanes) is 1. The highest BCUT2D eigenvalue weighted by molar-refractivity contribution is 5.47. The Morgan fingerprint density at radius 3 is 2.38 bits per heavy atom. The van der Waals surface area contributed by atoms with E-state index in [1.165, 1.54) is 12.4 Å². The van der Waals surface area contributed by atoms with Crippen LogP contribution in [0.1, 0.15) is 37.3 Å². The monoisotopic (exact) mass is 403 g/mol. The summed E-state index contributed by atoms with van der Waals surface area (Å²) in [4.78, 5) is 12.6. The van der Waals surface area contributed by atoms with Crippen molar-refractivity contribution in [3.8, 4) is 11.8 Å². The second kappa shape index (κ2) is 8.57. The molecule has 0 radical (unpaired) electrons. The van der Waals surface area contributed by atoms with Gasteiger partial charge in [-0.25, -0.2) is 14.4 Å². The van der Waals surface area contributed by atoms with E-state index in [1.807, 2.05) is 0 Å². The summed E-state index contributed by atoms with van der Waals surface area (Å²) < 4.78 is 14.6. The van der Waals surface area contributed by atoms with E-state index in [-0.39, 0.29) is 11.8 Å². The van der Waals surface area contributed by atoms with Gasteiger partial charge in [0, 0.05) is 43.9 Å². The molecular formula is C21H30FN5O2. The normalized spacial score (nSPS) is 20.1. The van der Waals surface area contributed by atoms with Crippen LogP contribution in [0.3, 0.4) is 0 Å². The number of hydrogen-bond acceptors (Lipinski definition) is 6. The third kappa shape index (κ3) is 4.32. The van der Waals surface area contributed by atoms with Crippen LogP contribution in [-0.2, 0) is 19.4 Å². The van der Waals surface area contributed by atoms with Gasteiger partial charge in [0.1, 0.15) is 0 Å². The predicted octanol–water partition coefficient (Wildman–Crippen LogP) is 2.56. The zero-order chi connectivity index (χ0) is 20.4. The van der Waals surface area contributed by atoms with Crippen LogP contribution in [0, 0.1) is 11.7 Å². The Morgan fingerprint density at radius 2 is 1.66 bits per heavy atom. The molecule has 1 atom stereocenters. The van der Waals surface area contributed by atoms with Crippen molar-refractivity contribution in [1.29, 1.82) is 0 Å². The molecule has 4 rings (SSSR count).